The highest BCUT2D eigenvalue weighted by molar-refractivity contribution is 6.24. The molecule has 3 fully saturated rings. The van der Waals surface area contributed by atoms with Crippen LogP contribution in [0.5, 0.6) is 0 Å². The Kier molecular flexibility index (Phi) is 4.63. The minimum atomic E-state index is -1.62. The fourth-order valence-corrected chi connectivity index (χ4v) is 5.40. The number of hydrogen-bond acceptors (Lipinski definition) is 7. The van der Waals surface area contributed by atoms with Crippen LogP contribution in [0.25, 0.3) is 0 Å². The molecule has 166 valence electrons. The number of esters is 1. The molecule has 1 aromatic carbocycles. The number of anilines is 1. The van der Waals surface area contributed by atoms with Crippen molar-refractivity contribution < 1.29 is 32.7 Å². The molecular formula is C22H20FN3O6. The average molecular weight is 441 g/mol. The Morgan fingerprint density at radius 1 is 1.22 bits per heavy atom. The summed E-state index contributed by atoms with van der Waals surface area (Å²) in [5.74, 6) is -4.54. The van der Waals surface area contributed by atoms with E-state index in [9.17, 15) is 23.6 Å². The molecule has 9 nitrogen and oxygen atoms in total. The second-order valence-electron chi connectivity index (χ2n) is 8.08. The number of hydrogen-bond donors (Lipinski definition) is 1. The maximum Gasteiger partial charge on any atom is 0.307 e. The zero-order valence-electron chi connectivity index (χ0n) is 17.1. The second-order valence-corrected chi connectivity index (χ2v) is 8.08. The lowest BCUT2D eigenvalue weighted by atomic mass is 9.76. The molecule has 0 unspecified atom stereocenters. The van der Waals surface area contributed by atoms with Crippen LogP contribution in [0, 0.1) is 17.7 Å². The van der Waals surface area contributed by atoms with Crippen LogP contribution in [0.3, 0.4) is 0 Å². The van der Waals surface area contributed by atoms with Crippen LogP contribution in [-0.2, 0) is 23.9 Å². The van der Waals surface area contributed by atoms with Crippen molar-refractivity contribution in [2.45, 2.75) is 18.0 Å². The molecule has 4 heterocycles. The summed E-state index contributed by atoms with van der Waals surface area (Å²) in [7, 11) is 1.20. The molecule has 3 saturated heterocycles. The third-order valence-electron chi connectivity index (χ3n) is 6.65. The SMILES string of the molecule is COC(=O)C[C@]12C(=O)NCCN1[C@H](c1ccco1)[C@@H]1C(=O)N(c3ccc(F)cc3)C(=O)[C@H]12. The number of methoxy groups -OCH3 is 1. The Balaban J connectivity index is 1.69. The first-order valence-corrected chi connectivity index (χ1v) is 10.2. The highest BCUT2D eigenvalue weighted by Gasteiger charge is 2.73. The van der Waals surface area contributed by atoms with Gasteiger partial charge in [-0.05, 0) is 36.4 Å². The first-order valence-electron chi connectivity index (χ1n) is 10.2. The van der Waals surface area contributed by atoms with Gasteiger partial charge in [-0.2, -0.15) is 0 Å². The topological polar surface area (TPSA) is 109 Å². The molecule has 1 N–H and O–H groups in total. The van der Waals surface area contributed by atoms with Crippen molar-refractivity contribution >= 4 is 29.4 Å². The summed E-state index contributed by atoms with van der Waals surface area (Å²) < 4.78 is 23.9. The maximum atomic E-state index is 13.7. The number of fused-ring (bicyclic) bond motifs is 3. The van der Waals surface area contributed by atoms with Gasteiger partial charge in [-0.1, -0.05) is 0 Å². The lowest BCUT2D eigenvalue weighted by Gasteiger charge is -2.44. The Hall–Kier alpha value is -3.53. The van der Waals surface area contributed by atoms with Gasteiger partial charge in [0, 0.05) is 13.1 Å². The van der Waals surface area contributed by atoms with Gasteiger partial charge in [-0.3, -0.25) is 24.1 Å². The molecule has 1 aromatic heterocycles. The monoisotopic (exact) mass is 441 g/mol. The molecule has 3 aliphatic rings. The Morgan fingerprint density at radius 3 is 2.62 bits per heavy atom. The Bertz CT molecular complexity index is 1100. The molecule has 5 rings (SSSR count). The fraction of sp³-hybridized carbons (Fsp3) is 0.364. The minimum Gasteiger partial charge on any atom is -0.469 e. The normalized spacial score (nSPS) is 29.6. The second kappa shape index (κ2) is 7.27. The first-order chi connectivity index (χ1) is 15.4. The smallest absolute Gasteiger partial charge is 0.307 e. The maximum absolute atomic E-state index is 13.7. The summed E-state index contributed by atoms with van der Waals surface area (Å²) in [6.45, 7) is 0.612. The van der Waals surface area contributed by atoms with E-state index in [1.807, 2.05) is 0 Å². The fourth-order valence-electron chi connectivity index (χ4n) is 5.40. The first kappa shape index (κ1) is 20.4. The van der Waals surface area contributed by atoms with Gasteiger partial charge < -0.3 is 14.5 Å². The van der Waals surface area contributed by atoms with Crippen LogP contribution in [0.15, 0.2) is 47.1 Å². The predicted molar refractivity (Wildman–Crippen MR) is 106 cm³/mol. The van der Waals surface area contributed by atoms with Crippen LogP contribution >= 0.6 is 0 Å². The van der Waals surface area contributed by atoms with Gasteiger partial charge in [-0.15, -0.1) is 0 Å². The van der Waals surface area contributed by atoms with Crippen molar-refractivity contribution in [2.24, 2.45) is 11.8 Å². The summed E-state index contributed by atoms with van der Waals surface area (Å²) in [5.41, 5.74) is -1.42. The third-order valence-corrected chi connectivity index (χ3v) is 6.65. The molecule has 0 bridgehead atoms. The van der Waals surface area contributed by atoms with Gasteiger partial charge in [0.1, 0.15) is 17.1 Å². The van der Waals surface area contributed by atoms with Crippen LogP contribution < -0.4 is 10.2 Å². The largest absolute Gasteiger partial charge is 0.469 e. The van der Waals surface area contributed by atoms with E-state index < -0.39 is 59.3 Å². The van der Waals surface area contributed by atoms with Crippen LogP contribution in [-0.4, -0.2) is 54.3 Å². The van der Waals surface area contributed by atoms with E-state index in [0.717, 1.165) is 17.0 Å². The molecule has 0 aliphatic carbocycles. The van der Waals surface area contributed by atoms with Gasteiger partial charge >= 0.3 is 5.97 Å². The molecule has 10 heteroatoms. The zero-order valence-corrected chi connectivity index (χ0v) is 17.1. The number of imide groups is 1. The summed E-state index contributed by atoms with van der Waals surface area (Å²) in [5, 5.41) is 2.75. The molecule has 3 aliphatic heterocycles. The van der Waals surface area contributed by atoms with E-state index >= 15 is 0 Å². The average Bonchev–Trinajstić information content (AvgIpc) is 3.46. The number of benzene rings is 1. The standard InChI is InChI=1S/C22H20FN3O6/c1-31-15(27)11-22-17-16(19(28)26(20(17)29)13-6-4-12(23)5-7-13)18(14-3-2-10-32-14)25(22)9-8-24-21(22)30/h2-7,10,16-18H,8-9,11H2,1H3,(H,24,30)/t16-,17+,18-,22+/m1/s1. The number of furan rings is 1. The molecule has 3 amide bonds. The Morgan fingerprint density at radius 2 is 1.97 bits per heavy atom. The molecule has 32 heavy (non-hydrogen) atoms. The van der Waals surface area contributed by atoms with Gasteiger partial charge in [0.15, 0.2) is 0 Å². The molecular weight excluding hydrogens is 421 g/mol. The van der Waals surface area contributed by atoms with E-state index in [-0.39, 0.29) is 5.69 Å². The van der Waals surface area contributed by atoms with Crippen molar-refractivity contribution in [3.8, 4) is 0 Å². The van der Waals surface area contributed by atoms with Crippen LogP contribution in [0.4, 0.5) is 10.1 Å². The highest BCUT2D eigenvalue weighted by Crippen LogP contribution is 2.57. The molecule has 2 aromatic rings. The number of carbonyl (C=O) groups excluding carboxylic acids is 4. The van der Waals surface area contributed by atoms with Crippen LogP contribution in [0.2, 0.25) is 0 Å². The number of halogens is 1. The molecule has 0 radical (unpaired) electrons. The molecule has 0 saturated carbocycles. The van der Waals surface area contributed by atoms with Crippen molar-refractivity contribution in [2.75, 3.05) is 25.1 Å². The van der Waals surface area contributed by atoms with Crippen molar-refractivity contribution in [3.63, 3.8) is 0 Å². The van der Waals surface area contributed by atoms with E-state index in [4.69, 9.17) is 9.15 Å². The lowest BCUT2D eigenvalue weighted by Crippen LogP contribution is -2.67. The minimum absolute atomic E-state index is 0.199. The van der Waals surface area contributed by atoms with E-state index in [2.05, 4.69) is 5.32 Å². The highest BCUT2D eigenvalue weighted by atomic mass is 19.1. The van der Waals surface area contributed by atoms with Crippen molar-refractivity contribution in [1.29, 1.82) is 0 Å². The number of carbonyl (C=O) groups is 4. The van der Waals surface area contributed by atoms with E-state index in [1.54, 1.807) is 17.0 Å². The van der Waals surface area contributed by atoms with E-state index in [1.165, 1.54) is 25.5 Å². The predicted octanol–water partition coefficient (Wildman–Crippen LogP) is 1.01. The summed E-state index contributed by atoms with van der Waals surface area (Å²) in [6, 6.07) is 7.58. The van der Waals surface area contributed by atoms with Gasteiger partial charge in [0.2, 0.25) is 17.7 Å². The summed E-state index contributed by atoms with van der Waals surface area (Å²) in [6.07, 6.45) is 1.05. The molecule has 0 spiro atoms. The third kappa shape index (κ3) is 2.65. The van der Waals surface area contributed by atoms with Crippen molar-refractivity contribution in [3.05, 3.63) is 54.2 Å². The number of nitrogens with zero attached hydrogens (tertiary/aromatic N) is 2. The quantitative estimate of drug-likeness (QED) is 0.557. The number of nitrogens with one attached hydrogen (secondary N) is 1. The summed E-state index contributed by atoms with van der Waals surface area (Å²) >= 11 is 0. The lowest BCUT2D eigenvalue weighted by molar-refractivity contribution is -0.154. The van der Waals surface area contributed by atoms with Crippen molar-refractivity contribution in [1.82, 2.24) is 10.2 Å². The summed E-state index contributed by atoms with van der Waals surface area (Å²) in [4.78, 5) is 55.8. The zero-order chi connectivity index (χ0) is 22.6. The van der Waals surface area contributed by atoms with Gasteiger partial charge in [-0.25, -0.2) is 9.29 Å². The Labute approximate surface area is 182 Å². The number of ether oxygens (including phenoxy) is 1. The number of amides is 3. The van der Waals surface area contributed by atoms with Gasteiger partial charge in [0.05, 0.1) is 43.4 Å². The van der Waals surface area contributed by atoms with E-state index in [0.29, 0.717) is 18.8 Å². The number of rotatable bonds is 4. The van der Waals surface area contributed by atoms with Crippen LogP contribution in [0.1, 0.15) is 18.2 Å². The molecule has 4 atom stereocenters. The van der Waals surface area contributed by atoms with Gasteiger partial charge in [0.25, 0.3) is 0 Å². The number of piperazine rings is 1.